The number of carboxylic acid groups (broad SMARTS) is 1. The van der Waals surface area contributed by atoms with Crippen molar-refractivity contribution in [1.29, 1.82) is 0 Å². The number of nitrogens with one attached hydrogen (secondary N) is 1. The maximum absolute atomic E-state index is 14.0. The van der Waals surface area contributed by atoms with E-state index in [2.05, 4.69) is 65.9 Å². The third-order valence-corrected chi connectivity index (χ3v) is 16.2. The molecule has 1 aromatic rings. The van der Waals surface area contributed by atoms with E-state index in [9.17, 15) is 19.5 Å². The van der Waals surface area contributed by atoms with Crippen molar-refractivity contribution in [2.45, 2.75) is 139 Å². The highest BCUT2D eigenvalue weighted by Gasteiger charge is 2.70. The number of ether oxygens (including phenoxy) is 1. The minimum absolute atomic E-state index is 0.0930. The van der Waals surface area contributed by atoms with Gasteiger partial charge in [-0.3, -0.25) is 14.4 Å². The molecule has 0 spiro atoms. The molecule has 0 saturated heterocycles. The molecule has 0 bridgehead atoms. The predicted molar refractivity (Wildman–Crippen MR) is 203 cm³/mol. The van der Waals surface area contributed by atoms with E-state index in [1.807, 2.05) is 12.1 Å². The highest BCUT2D eigenvalue weighted by atomic mass is 35.5. The highest BCUT2D eigenvalue weighted by molar-refractivity contribution is 6.30. The summed E-state index contributed by atoms with van der Waals surface area (Å²) >= 11 is 6.12. The molecule has 0 amide bonds. The van der Waals surface area contributed by atoms with Crippen molar-refractivity contribution in [2.24, 2.45) is 56.2 Å². The number of halogens is 1. The van der Waals surface area contributed by atoms with Gasteiger partial charge in [0.25, 0.3) is 0 Å². The van der Waals surface area contributed by atoms with E-state index >= 15 is 0 Å². The molecule has 5 aliphatic carbocycles. The number of rotatable bonds is 10. The molecule has 51 heavy (non-hydrogen) atoms. The van der Waals surface area contributed by atoms with Crippen LogP contribution in [0.3, 0.4) is 0 Å². The van der Waals surface area contributed by atoms with Crippen LogP contribution in [0.4, 0.5) is 0 Å². The van der Waals surface area contributed by atoms with Gasteiger partial charge in [0.2, 0.25) is 0 Å². The predicted octanol–water partition coefficient (Wildman–Crippen LogP) is 9.87. The fourth-order valence-electron chi connectivity index (χ4n) is 13.0. The standard InChI is InChI=1S/C44H64ClNO5/c1-27(2)36-31(47)24-44(26-46-23-18-28-10-12-29(45)13-11-28)22-21-42(8)30(37(36)44)14-15-33-41(7)19-17-34(51-35(48)25-39(3,4)38(49)50)40(5,6)32(41)16-20-43(33,42)9/h10-13,27,30,32-34,46H,14-26H2,1-9H3,(H,49,50)/t30-,32?,33-,34+,41+,42-,43-,44+/m1/s1. The minimum Gasteiger partial charge on any atom is -0.481 e. The second kappa shape index (κ2) is 13.3. The van der Waals surface area contributed by atoms with Crippen LogP contribution in [-0.4, -0.2) is 42.0 Å². The van der Waals surface area contributed by atoms with Crippen LogP contribution in [-0.2, 0) is 25.5 Å². The van der Waals surface area contributed by atoms with E-state index in [1.165, 1.54) is 17.6 Å². The molecule has 0 aromatic heterocycles. The van der Waals surface area contributed by atoms with Gasteiger partial charge >= 0.3 is 11.9 Å². The Hall–Kier alpha value is -2.18. The summed E-state index contributed by atoms with van der Waals surface area (Å²) in [5, 5.41) is 14.2. The lowest BCUT2D eigenvalue weighted by Gasteiger charge is -2.72. The average Bonchev–Trinajstić information content (AvgIpc) is 3.34. The number of allylic oxidation sites excluding steroid dienone is 1. The summed E-state index contributed by atoms with van der Waals surface area (Å²) in [4.78, 5) is 38.8. The van der Waals surface area contributed by atoms with Crippen LogP contribution in [0, 0.1) is 56.2 Å². The van der Waals surface area contributed by atoms with Crippen LogP contribution in [0.25, 0.3) is 0 Å². The second-order valence-electron chi connectivity index (χ2n) is 19.7. The van der Waals surface area contributed by atoms with Gasteiger partial charge < -0.3 is 15.2 Å². The number of esters is 1. The first kappa shape index (κ1) is 38.5. The van der Waals surface area contributed by atoms with Crippen LogP contribution < -0.4 is 5.32 Å². The van der Waals surface area contributed by atoms with Crippen molar-refractivity contribution in [1.82, 2.24) is 5.32 Å². The monoisotopic (exact) mass is 721 g/mol. The van der Waals surface area contributed by atoms with Crippen LogP contribution >= 0.6 is 11.6 Å². The summed E-state index contributed by atoms with van der Waals surface area (Å²) in [6.07, 6.45) is 9.83. The zero-order chi connectivity index (χ0) is 37.4. The van der Waals surface area contributed by atoms with E-state index in [-0.39, 0.29) is 45.5 Å². The molecule has 282 valence electrons. The Morgan fingerprint density at radius 2 is 1.63 bits per heavy atom. The molecule has 0 heterocycles. The van der Waals surface area contributed by atoms with E-state index in [4.69, 9.17) is 16.3 Å². The van der Waals surface area contributed by atoms with E-state index in [1.54, 1.807) is 13.8 Å². The van der Waals surface area contributed by atoms with E-state index in [0.717, 1.165) is 75.1 Å². The molecule has 0 radical (unpaired) electrons. The summed E-state index contributed by atoms with van der Waals surface area (Å²) in [5.41, 5.74) is 2.84. The molecule has 2 N–H and O–H groups in total. The number of hydrogen-bond donors (Lipinski definition) is 2. The molecular formula is C44H64ClNO5. The zero-order valence-electron chi connectivity index (χ0n) is 32.8. The molecule has 8 atom stereocenters. The minimum atomic E-state index is -1.15. The first-order valence-electron chi connectivity index (χ1n) is 19.9. The van der Waals surface area contributed by atoms with Gasteiger partial charge in [0.1, 0.15) is 6.10 Å². The molecule has 7 heteroatoms. The smallest absolute Gasteiger partial charge is 0.309 e. The molecule has 1 aromatic carbocycles. The Morgan fingerprint density at radius 3 is 2.27 bits per heavy atom. The Balaban J connectivity index is 1.24. The topological polar surface area (TPSA) is 92.7 Å². The quantitative estimate of drug-likeness (QED) is 0.185. The zero-order valence-corrected chi connectivity index (χ0v) is 33.6. The molecule has 6 rings (SSSR count). The number of Topliss-reactive ketones (excluding diaryl/α,β-unsaturated/α-hetero) is 1. The molecule has 5 aliphatic rings. The van der Waals surface area contributed by atoms with Crippen molar-refractivity contribution in [3.05, 3.63) is 46.0 Å². The first-order valence-corrected chi connectivity index (χ1v) is 20.3. The van der Waals surface area contributed by atoms with Gasteiger partial charge in [-0.25, -0.2) is 0 Å². The van der Waals surface area contributed by atoms with Gasteiger partial charge in [0.05, 0.1) is 11.8 Å². The number of aliphatic carboxylic acids is 1. The Morgan fingerprint density at radius 1 is 0.941 bits per heavy atom. The summed E-state index contributed by atoms with van der Waals surface area (Å²) in [5.74, 6) is 0.609. The summed E-state index contributed by atoms with van der Waals surface area (Å²) in [6, 6.07) is 8.13. The van der Waals surface area contributed by atoms with Gasteiger partial charge in [-0.05, 0) is 141 Å². The van der Waals surface area contributed by atoms with Crippen molar-refractivity contribution in [3.63, 3.8) is 0 Å². The van der Waals surface area contributed by atoms with Crippen molar-refractivity contribution in [2.75, 3.05) is 13.1 Å². The lowest BCUT2D eigenvalue weighted by Crippen LogP contribution is -2.66. The van der Waals surface area contributed by atoms with Gasteiger partial charge in [-0.15, -0.1) is 0 Å². The van der Waals surface area contributed by atoms with Crippen molar-refractivity contribution in [3.8, 4) is 0 Å². The van der Waals surface area contributed by atoms with E-state index < -0.39 is 17.4 Å². The van der Waals surface area contributed by atoms with Gasteiger partial charge in [0, 0.05) is 28.8 Å². The fourth-order valence-corrected chi connectivity index (χ4v) is 13.1. The first-order chi connectivity index (χ1) is 23.7. The van der Waals surface area contributed by atoms with E-state index in [0.29, 0.717) is 30.0 Å². The van der Waals surface area contributed by atoms with Crippen molar-refractivity contribution >= 4 is 29.3 Å². The fraction of sp³-hybridized carbons (Fsp3) is 0.750. The van der Waals surface area contributed by atoms with Crippen LogP contribution in [0.2, 0.25) is 5.02 Å². The number of benzene rings is 1. The Labute approximate surface area is 312 Å². The number of hydrogen-bond acceptors (Lipinski definition) is 5. The Bertz CT molecular complexity index is 1580. The molecular weight excluding hydrogens is 658 g/mol. The number of fused-ring (bicyclic) bond motifs is 7. The van der Waals surface area contributed by atoms with Crippen LogP contribution in [0.5, 0.6) is 0 Å². The number of ketones is 1. The SMILES string of the molecule is CC(C)C1=C2[C@H]3CC[C@@H]4[C@@]5(C)CC[C@H](OC(=O)CC(C)(C)C(=O)O)C(C)(C)C5CC[C@@]4(C)[C@]3(C)CC[C@@]2(CNCCc2ccc(Cl)cc2)CC1=O. The van der Waals surface area contributed by atoms with Crippen LogP contribution in [0.15, 0.2) is 35.4 Å². The molecule has 1 unspecified atom stereocenters. The maximum atomic E-state index is 14.0. The number of carbonyl (C=O) groups excluding carboxylic acids is 2. The summed E-state index contributed by atoms with van der Waals surface area (Å²) < 4.78 is 6.17. The molecule has 6 nitrogen and oxygen atoms in total. The number of carboxylic acids is 1. The second-order valence-corrected chi connectivity index (χ2v) is 20.2. The largest absolute Gasteiger partial charge is 0.481 e. The third-order valence-electron chi connectivity index (χ3n) is 15.9. The van der Waals surface area contributed by atoms with Gasteiger partial charge in [-0.2, -0.15) is 0 Å². The number of carbonyl (C=O) groups is 3. The average molecular weight is 722 g/mol. The normalized spacial score (nSPS) is 37.4. The summed E-state index contributed by atoms with van der Waals surface area (Å²) in [7, 11) is 0. The molecule has 0 aliphatic heterocycles. The maximum Gasteiger partial charge on any atom is 0.309 e. The molecule has 4 fully saturated rings. The van der Waals surface area contributed by atoms with Crippen molar-refractivity contribution < 1.29 is 24.2 Å². The highest BCUT2D eigenvalue weighted by Crippen LogP contribution is 2.76. The van der Waals surface area contributed by atoms with Gasteiger partial charge in [0.15, 0.2) is 5.78 Å². The lowest BCUT2D eigenvalue weighted by atomic mass is 9.33. The van der Waals surface area contributed by atoms with Gasteiger partial charge in [-0.1, -0.05) is 77.8 Å². The third kappa shape index (κ3) is 6.24. The molecule has 4 saturated carbocycles. The Kier molecular flexibility index (Phi) is 10.0. The summed E-state index contributed by atoms with van der Waals surface area (Å²) in [6.45, 7) is 21.7. The van der Waals surface area contributed by atoms with Crippen LogP contribution in [0.1, 0.15) is 132 Å². The lowest BCUT2D eigenvalue weighted by molar-refractivity contribution is -0.233.